The molecule has 0 radical (unpaired) electrons. The van der Waals surface area contributed by atoms with E-state index >= 15 is 0 Å². The van der Waals surface area contributed by atoms with Gasteiger partial charge in [0.1, 0.15) is 0 Å². The van der Waals surface area contributed by atoms with Crippen molar-refractivity contribution in [2.75, 3.05) is 5.75 Å². The Balaban J connectivity index is 1.90. The summed E-state index contributed by atoms with van der Waals surface area (Å²) in [5.74, 6) is -0.763. The predicted molar refractivity (Wildman–Crippen MR) is 80.1 cm³/mol. The molecule has 0 aliphatic heterocycles. The van der Waals surface area contributed by atoms with Crippen LogP contribution in [-0.2, 0) is 17.8 Å². The highest BCUT2D eigenvalue weighted by Crippen LogP contribution is 2.18. The van der Waals surface area contributed by atoms with E-state index in [1.165, 1.54) is 17.3 Å². The number of carboxylic acids is 1. The quantitative estimate of drug-likeness (QED) is 0.796. The molecule has 0 saturated heterocycles. The summed E-state index contributed by atoms with van der Waals surface area (Å²) >= 11 is 1.27. The van der Waals surface area contributed by atoms with Gasteiger partial charge in [0.15, 0.2) is 5.16 Å². The average Bonchev–Trinajstić information content (AvgIpc) is 2.78. The Morgan fingerprint density at radius 3 is 2.80 bits per heavy atom. The molecule has 1 N–H and O–H groups in total. The molecule has 0 aliphatic rings. The van der Waals surface area contributed by atoms with Gasteiger partial charge in [-0.3, -0.25) is 4.79 Å². The van der Waals surface area contributed by atoms with E-state index in [4.69, 9.17) is 5.11 Å². The summed E-state index contributed by atoms with van der Waals surface area (Å²) in [7, 11) is 0. The Kier molecular flexibility index (Phi) is 5.24. The Bertz CT molecular complexity index is 567. The maximum atomic E-state index is 10.6. The van der Waals surface area contributed by atoms with E-state index in [-0.39, 0.29) is 5.75 Å². The molecular formula is C15H18N2O2S. The van der Waals surface area contributed by atoms with Crippen molar-refractivity contribution < 1.29 is 9.90 Å². The van der Waals surface area contributed by atoms with Gasteiger partial charge in [0, 0.05) is 12.7 Å². The third-order valence-corrected chi connectivity index (χ3v) is 3.87. The third kappa shape index (κ3) is 4.42. The average molecular weight is 290 g/mol. The van der Waals surface area contributed by atoms with Crippen LogP contribution in [-0.4, -0.2) is 26.4 Å². The van der Waals surface area contributed by atoms with Crippen LogP contribution in [0.1, 0.15) is 17.7 Å². The highest BCUT2D eigenvalue weighted by molar-refractivity contribution is 7.99. The maximum Gasteiger partial charge on any atom is 0.313 e. The first-order valence-electron chi connectivity index (χ1n) is 6.57. The van der Waals surface area contributed by atoms with Crippen LogP contribution >= 0.6 is 11.8 Å². The van der Waals surface area contributed by atoms with Crippen molar-refractivity contribution in [2.24, 2.45) is 0 Å². The standard InChI is InChI=1S/C15H18N2O2S/c1-12-10-17(15(16-12)20-11-14(18)19)9-5-8-13-6-3-2-4-7-13/h2-4,6-7,10H,5,8-9,11H2,1H3,(H,18,19). The normalized spacial score (nSPS) is 10.7. The van der Waals surface area contributed by atoms with Crippen molar-refractivity contribution >= 4 is 17.7 Å². The minimum Gasteiger partial charge on any atom is -0.481 e. The first kappa shape index (κ1) is 14.7. The second-order valence-electron chi connectivity index (χ2n) is 4.63. The van der Waals surface area contributed by atoms with Gasteiger partial charge in [-0.05, 0) is 25.3 Å². The number of carbonyl (C=O) groups is 1. The number of nitrogens with zero attached hydrogens (tertiary/aromatic N) is 2. The lowest BCUT2D eigenvalue weighted by molar-refractivity contribution is -0.133. The number of hydrogen-bond acceptors (Lipinski definition) is 3. The van der Waals surface area contributed by atoms with E-state index in [2.05, 4.69) is 17.1 Å². The second kappa shape index (κ2) is 7.14. The zero-order valence-electron chi connectivity index (χ0n) is 11.5. The van der Waals surface area contributed by atoms with E-state index in [0.29, 0.717) is 0 Å². The number of aliphatic carboxylic acids is 1. The molecule has 2 aromatic rings. The molecule has 0 unspecified atom stereocenters. The van der Waals surface area contributed by atoms with Crippen LogP contribution in [0, 0.1) is 6.92 Å². The van der Waals surface area contributed by atoms with Crippen molar-refractivity contribution in [3.8, 4) is 0 Å². The maximum absolute atomic E-state index is 10.6. The molecule has 2 rings (SSSR count). The lowest BCUT2D eigenvalue weighted by Gasteiger charge is -2.06. The number of carboxylic acid groups (broad SMARTS) is 1. The molecule has 0 saturated carbocycles. The van der Waals surface area contributed by atoms with Crippen LogP contribution in [0.2, 0.25) is 0 Å². The molecule has 0 spiro atoms. The van der Waals surface area contributed by atoms with Crippen molar-refractivity contribution in [1.82, 2.24) is 9.55 Å². The number of aromatic nitrogens is 2. The Morgan fingerprint density at radius 1 is 1.35 bits per heavy atom. The molecule has 0 aliphatic carbocycles. The number of imidazole rings is 1. The van der Waals surface area contributed by atoms with E-state index in [9.17, 15) is 4.79 Å². The number of thioether (sulfide) groups is 1. The summed E-state index contributed by atoms with van der Waals surface area (Å²) in [6.45, 7) is 2.79. The SMILES string of the molecule is Cc1cn(CCCc2ccccc2)c(SCC(=O)O)n1. The summed E-state index contributed by atoms with van der Waals surface area (Å²) in [5, 5.41) is 9.53. The van der Waals surface area contributed by atoms with Gasteiger partial charge >= 0.3 is 5.97 Å². The lowest BCUT2D eigenvalue weighted by Crippen LogP contribution is -2.03. The summed E-state index contributed by atoms with van der Waals surface area (Å²) in [5.41, 5.74) is 2.25. The molecule has 0 fully saturated rings. The number of hydrogen-bond donors (Lipinski definition) is 1. The molecule has 0 bridgehead atoms. The van der Waals surface area contributed by atoms with Crippen LogP contribution in [0.4, 0.5) is 0 Å². The number of aryl methyl sites for hydroxylation is 3. The highest BCUT2D eigenvalue weighted by atomic mass is 32.2. The summed E-state index contributed by atoms with van der Waals surface area (Å²) < 4.78 is 2.05. The highest BCUT2D eigenvalue weighted by Gasteiger charge is 2.08. The fourth-order valence-electron chi connectivity index (χ4n) is 2.02. The second-order valence-corrected chi connectivity index (χ2v) is 5.57. The zero-order chi connectivity index (χ0) is 14.4. The Morgan fingerprint density at radius 2 is 2.10 bits per heavy atom. The van der Waals surface area contributed by atoms with Gasteiger partial charge in [-0.1, -0.05) is 42.1 Å². The fourth-order valence-corrected chi connectivity index (χ4v) is 2.80. The van der Waals surface area contributed by atoms with Crippen LogP contribution in [0.3, 0.4) is 0 Å². The molecule has 4 nitrogen and oxygen atoms in total. The van der Waals surface area contributed by atoms with Gasteiger partial charge < -0.3 is 9.67 Å². The van der Waals surface area contributed by atoms with Crippen LogP contribution in [0.15, 0.2) is 41.7 Å². The lowest BCUT2D eigenvalue weighted by atomic mass is 10.1. The topological polar surface area (TPSA) is 55.1 Å². The van der Waals surface area contributed by atoms with Gasteiger partial charge in [0.2, 0.25) is 0 Å². The molecule has 1 aromatic carbocycles. The molecule has 1 aromatic heterocycles. The fraction of sp³-hybridized carbons (Fsp3) is 0.333. The monoisotopic (exact) mass is 290 g/mol. The first-order chi connectivity index (χ1) is 9.65. The molecule has 5 heteroatoms. The van der Waals surface area contributed by atoms with Crippen molar-refractivity contribution in [2.45, 2.75) is 31.5 Å². The van der Waals surface area contributed by atoms with Gasteiger partial charge in [0.05, 0.1) is 11.4 Å². The van der Waals surface area contributed by atoms with Crippen LogP contribution < -0.4 is 0 Å². The third-order valence-electron chi connectivity index (χ3n) is 2.89. The smallest absolute Gasteiger partial charge is 0.313 e. The number of rotatable bonds is 7. The Hall–Kier alpha value is -1.75. The first-order valence-corrected chi connectivity index (χ1v) is 7.56. The molecule has 106 valence electrons. The van der Waals surface area contributed by atoms with E-state index in [0.717, 1.165) is 30.2 Å². The van der Waals surface area contributed by atoms with Gasteiger partial charge in [-0.25, -0.2) is 4.98 Å². The molecule has 0 atom stereocenters. The summed E-state index contributed by atoms with van der Waals surface area (Å²) in [6.07, 6.45) is 4.01. The zero-order valence-corrected chi connectivity index (χ0v) is 12.3. The minimum absolute atomic E-state index is 0.0507. The van der Waals surface area contributed by atoms with Crippen LogP contribution in [0.25, 0.3) is 0 Å². The van der Waals surface area contributed by atoms with Crippen molar-refractivity contribution in [1.29, 1.82) is 0 Å². The summed E-state index contributed by atoms with van der Waals surface area (Å²) in [4.78, 5) is 15.0. The van der Waals surface area contributed by atoms with E-state index < -0.39 is 5.97 Å². The van der Waals surface area contributed by atoms with Gasteiger partial charge in [-0.2, -0.15) is 0 Å². The Labute approximate surface area is 122 Å². The molecule has 1 heterocycles. The molecule has 0 amide bonds. The minimum atomic E-state index is -0.813. The van der Waals surface area contributed by atoms with Gasteiger partial charge in [0.25, 0.3) is 0 Å². The number of benzene rings is 1. The molecular weight excluding hydrogens is 272 g/mol. The van der Waals surface area contributed by atoms with Crippen molar-refractivity contribution in [3.05, 3.63) is 47.8 Å². The summed E-state index contributed by atoms with van der Waals surface area (Å²) in [6, 6.07) is 10.4. The van der Waals surface area contributed by atoms with E-state index in [1.54, 1.807) is 0 Å². The predicted octanol–water partition coefficient (Wildman–Crippen LogP) is 3.00. The van der Waals surface area contributed by atoms with E-state index in [1.807, 2.05) is 35.9 Å². The largest absolute Gasteiger partial charge is 0.481 e. The van der Waals surface area contributed by atoms with Crippen LogP contribution in [0.5, 0.6) is 0 Å². The molecule has 20 heavy (non-hydrogen) atoms. The van der Waals surface area contributed by atoms with Gasteiger partial charge in [-0.15, -0.1) is 0 Å². The van der Waals surface area contributed by atoms with Crippen molar-refractivity contribution in [3.63, 3.8) is 0 Å².